The lowest BCUT2D eigenvalue weighted by atomic mass is 9.92. The molecule has 0 aromatic heterocycles. The molecule has 0 amide bonds. The number of ketones is 4. The molecule has 0 aromatic rings. The second-order valence-corrected chi connectivity index (χ2v) is 36.9. The largest absolute Gasteiger partial charge is 0.379 e. The lowest BCUT2D eigenvalue weighted by Gasteiger charge is -2.33. The summed E-state index contributed by atoms with van der Waals surface area (Å²) >= 11 is 0. The zero-order valence-corrected chi connectivity index (χ0v) is 70.0. The smallest absolute Gasteiger partial charge is 0.149 e. The minimum Gasteiger partial charge on any atom is -0.379 e. The number of carbonyl (C=O) groups excluding carboxylic acids is 4. The summed E-state index contributed by atoms with van der Waals surface area (Å²) in [5.74, 6) is 0.856. The van der Waals surface area contributed by atoms with Crippen molar-refractivity contribution in [1.82, 2.24) is 42.5 Å². The molecule has 4 atom stereocenters. The van der Waals surface area contributed by atoms with Crippen molar-refractivity contribution in [1.29, 1.82) is 0 Å². The van der Waals surface area contributed by atoms with Crippen LogP contribution in [0, 0.1) is 5.41 Å². The molecule has 0 fully saturated rings. The summed E-state index contributed by atoms with van der Waals surface area (Å²) in [6.07, 6.45) is 15.2. The fourth-order valence-electron chi connectivity index (χ4n) is 11.5. The molecule has 8 N–H and O–H groups in total. The second-order valence-electron chi connectivity index (χ2n) is 36.9. The molecule has 0 bridgehead atoms. The molecule has 0 aromatic carbocycles. The van der Waals surface area contributed by atoms with Crippen LogP contribution in [0.1, 0.15) is 295 Å². The molecule has 0 radical (unpaired) electrons. The van der Waals surface area contributed by atoms with Gasteiger partial charge in [0, 0.05) is 96.4 Å². The Morgan fingerprint density at radius 3 is 0.574 bits per heavy atom. The van der Waals surface area contributed by atoms with E-state index in [-0.39, 0.29) is 118 Å². The van der Waals surface area contributed by atoms with Crippen molar-refractivity contribution in [3.05, 3.63) is 0 Å². The SMILES string of the molecule is CC(C)(C)NCCCCC(NC(C)(C)C)C(=O)CCCOCCOCC(COCCOCCCC(=O)C(CCCCNC(C)(C)C)NC(C)(C)C)(COCCOCCCC(=O)C(CCCCNC(C)(C)C)NC(C)(C)C)COCCOCCCC(=O)C(CCCCNC(C)(C)C)NC(C)(C)C. The van der Waals surface area contributed by atoms with Crippen LogP contribution in [0.15, 0.2) is 0 Å². The lowest BCUT2D eigenvalue weighted by Crippen LogP contribution is -2.47. The van der Waals surface area contributed by atoms with Crippen LogP contribution in [-0.4, -0.2) is 224 Å². The molecular weight excluding hydrogens is 1280 g/mol. The highest BCUT2D eigenvalue weighted by Crippen LogP contribution is 2.23. The molecule has 20 heteroatoms. The Morgan fingerprint density at radius 1 is 0.228 bits per heavy atom. The number of unbranched alkanes of at least 4 members (excludes halogenated alkanes) is 4. The summed E-state index contributed by atoms with van der Waals surface area (Å²) in [5, 5.41) is 28.5. The molecule has 600 valence electrons. The van der Waals surface area contributed by atoms with Gasteiger partial charge in [-0.15, -0.1) is 0 Å². The summed E-state index contributed by atoms with van der Waals surface area (Å²) in [6, 6.07) is -0.828. The third kappa shape index (κ3) is 64.9. The summed E-state index contributed by atoms with van der Waals surface area (Å²) < 4.78 is 50.1. The number of hydrogen-bond acceptors (Lipinski definition) is 20. The Balaban J connectivity index is 6.26. The van der Waals surface area contributed by atoms with E-state index in [4.69, 9.17) is 37.9 Å². The van der Waals surface area contributed by atoms with Crippen LogP contribution in [0.2, 0.25) is 0 Å². The summed E-state index contributed by atoms with van der Waals surface area (Å²) in [4.78, 5) is 54.4. The van der Waals surface area contributed by atoms with E-state index in [1.807, 2.05) is 0 Å². The highest BCUT2D eigenvalue weighted by Gasteiger charge is 2.34. The standard InChI is InChI=1S/C81H164N8O12/c1-73(2,3)82-45-29-25-37-65(86-77(13,14)15)69(90)41-33-49-94-53-57-98-61-81(62-99-58-54-95-50-34-42-70(91)66(87-78(16,17)18)38-26-30-46-83-74(4,5)6,63-100-59-55-96-51-35-43-71(92)67(88-79(19,20)21)39-27-31-47-84-75(7,8)9)64-101-60-56-97-52-36-44-72(93)68(89-80(22,23)24)40-28-32-48-85-76(10,11)12/h65-68,82-89H,25-64H2,1-24H3. The second kappa shape index (κ2) is 53.0. The Kier molecular flexibility index (Phi) is 51.9. The molecule has 20 nitrogen and oxygen atoms in total. The van der Waals surface area contributed by atoms with Crippen LogP contribution in [-0.2, 0) is 57.1 Å². The van der Waals surface area contributed by atoms with Gasteiger partial charge in [-0.3, -0.25) is 19.2 Å². The molecule has 4 unspecified atom stereocenters. The molecule has 0 heterocycles. The fourth-order valence-corrected chi connectivity index (χ4v) is 11.5. The first-order valence-corrected chi connectivity index (χ1v) is 39.6. The quantitative estimate of drug-likeness (QED) is 0.0264. The first kappa shape index (κ1) is 99.0. The summed E-state index contributed by atoms with van der Waals surface area (Å²) in [7, 11) is 0. The Bertz CT molecular complexity index is 1800. The van der Waals surface area contributed by atoms with Crippen molar-refractivity contribution >= 4 is 23.1 Å². The van der Waals surface area contributed by atoms with Gasteiger partial charge in [-0.1, -0.05) is 25.7 Å². The zero-order chi connectivity index (χ0) is 76.7. The van der Waals surface area contributed by atoms with Gasteiger partial charge in [0.1, 0.15) is 23.1 Å². The minimum absolute atomic E-state index is 0.0629. The predicted molar refractivity (Wildman–Crippen MR) is 419 cm³/mol. The maximum absolute atomic E-state index is 13.6. The number of Topliss-reactive ketones (excluding diaryl/α,β-unsaturated/α-hetero) is 4. The van der Waals surface area contributed by atoms with Crippen molar-refractivity contribution in [2.24, 2.45) is 5.41 Å². The van der Waals surface area contributed by atoms with E-state index in [1.54, 1.807) is 0 Å². The highest BCUT2D eigenvalue weighted by molar-refractivity contribution is 5.85. The van der Waals surface area contributed by atoms with Gasteiger partial charge in [-0.2, -0.15) is 0 Å². The van der Waals surface area contributed by atoms with Gasteiger partial charge in [-0.25, -0.2) is 0 Å². The van der Waals surface area contributed by atoms with Crippen molar-refractivity contribution in [3.8, 4) is 0 Å². The minimum atomic E-state index is -0.761. The van der Waals surface area contributed by atoms with Gasteiger partial charge in [0.05, 0.1) is 109 Å². The normalized spacial score (nSPS) is 15.0. The number of rotatable bonds is 64. The van der Waals surface area contributed by atoms with Gasteiger partial charge in [0.15, 0.2) is 0 Å². The Labute approximate surface area is 620 Å². The monoisotopic (exact) mass is 1440 g/mol. The number of nitrogens with one attached hydrogen (secondary N) is 8. The Hall–Kier alpha value is -1.96. The molecule has 0 saturated heterocycles. The van der Waals surface area contributed by atoms with E-state index < -0.39 is 5.41 Å². The van der Waals surface area contributed by atoms with Crippen LogP contribution >= 0.6 is 0 Å². The summed E-state index contributed by atoms with van der Waals surface area (Å²) in [5.41, 5.74) is -1.26. The number of ether oxygens (including phenoxy) is 8. The molecule has 0 spiro atoms. The molecule has 0 rings (SSSR count). The molecule has 0 aliphatic heterocycles. The van der Waals surface area contributed by atoms with Crippen LogP contribution < -0.4 is 42.5 Å². The van der Waals surface area contributed by atoms with E-state index in [0.717, 1.165) is 103 Å². The van der Waals surface area contributed by atoms with Crippen LogP contribution in [0.25, 0.3) is 0 Å². The third-order valence-electron chi connectivity index (χ3n) is 16.3. The van der Waals surface area contributed by atoms with E-state index in [1.165, 1.54) is 0 Å². The van der Waals surface area contributed by atoms with Crippen molar-refractivity contribution < 1.29 is 57.1 Å². The molecule has 101 heavy (non-hydrogen) atoms. The lowest BCUT2D eigenvalue weighted by molar-refractivity contribution is -0.123. The van der Waals surface area contributed by atoms with Crippen LogP contribution in [0.3, 0.4) is 0 Å². The van der Waals surface area contributed by atoms with E-state index in [2.05, 4.69) is 209 Å². The molecule has 0 saturated carbocycles. The zero-order valence-electron chi connectivity index (χ0n) is 70.0. The highest BCUT2D eigenvalue weighted by atomic mass is 16.6. The van der Waals surface area contributed by atoms with E-state index >= 15 is 0 Å². The average molecular weight is 1440 g/mol. The van der Waals surface area contributed by atoms with Crippen molar-refractivity contribution in [2.75, 3.05) is 132 Å². The number of carbonyl (C=O) groups is 4. The van der Waals surface area contributed by atoms with Gasteiger partial charge in [0.2, 0.25) is 0 Å². The molecule has 0 aliphatic rings. The van der Waals surface area contributed by atoms with E-state index in [0.29, 0.717) is 131 Å². The van der Waals surface area contributed by atoms with Gasteiger partial charge >= 0.3 is 0 Å². The maximum Gasteiger partial charge on any atom is 0.149 e. The van der Waals surface area contributed by atoms with E-state index in [9.17, 15) is 19.2 Å². The third-order valence-corrected chi connectivity index (χ3v) is 16.3. The number of hydrogen-bond donors (Lipinski definition) is 8. The first-order chi connectivity index (χ1) is 46.8. The maximum atomic E-state index is 13.6. The fraction of sp³-hybridized carbons (Fsp3) is 0.951. The van der Waals surface area contributed by atoms with Gasteiger partial charge in [0.25, 0.3) is 0 Å². The van der Waals surface area contributed by atoms with Crippen LogP contribution in [0.5, 0.6) is 0 Å². The molecule has 0 aliphatic carbocycles. The van der Waals surface area contributed by atoms with Crippen molar-refractivity contribution in [2.45, 2.75) is 363 Å². The van der Waals surface area contributed by atoms with Gasteiger partial charge < -0.3 is 80.4 Å². The predicted octanol–water partition coefficient (Wildman–Crippen LogP) is 12.8. The summed E-state index contributed by atoms with van der Waals surface area (Å²) in [6.45, 7) is 60.3. The molecular formula is C81H164N8O12. The first-order valence-electron chi connectivity index (χ1n) is 39.6. The Morgan fingerprint density at radius 2 is 0.406 bits per heavy atom. The topological polar surface area (TPSA) is 238 Å². The van der Waals surface area contributed by atoms with Crippen molar-refractivity contribution in [3.63, 3.8) is 0 Å². The van der Waals surface area contributed by atoms with Gasteiger partial charge in [-0.05, 0) is 269 Å². The van der Waals surface area contributed by atoms with Crippen LogP contribution in [0.4, 0.5) is 0 Å². The average Bonchev–Trinajstić information content (AvgIpc) is 0.882.